The van der Waals surface area contributed by atoms with Crippen LogP contribution >= 0.6 is 11.3 Å². The van der Waals surface area contributed by atoms with Crippen molar-refractivity contribution in [2.75, 3.05) is 5.32 Å². The molecular weight excluding hydrogens is 425 g/mol. The van der Waals surface area contributed by atoms with Crippen LogP contribution < -0.4 is 10.1 Å². The number of thiazole rings is 1. The number of hydrogen-bond acceptors (Lipinski definition) is 5. The molecule has 0 spiro atoms. The maximum atomic E-state index is 13.0. The van der Waals surface area contributed by atoms with E-state index in [-0.39, 0.29) is 18.1 Å². The monoisotopic (exact) mass is 443 g/mol. The van der Waals surface area contributed by atoms with E-state index in [1.54, 1.807) is 60.7 Å². The Morgan fingerprint density at radius 2 is 1.84 bits per heavy atom. The third-order valence-electron chi connectivity index (χ3n) is 4.55. The lowest BCUT2D eigenvalue weighted by Crippen LogP contribution is -2.14. The van der Waals surface area contributed by atoms with E-state index in [2.05, 4.69) is 16.4 Å². The molecule has 0 aliphatic carbocycles. The Labute approximate surface area is 188 Å². The molecule has 0 saturated carbocycles. The van der Waals surface area contributed by atoms with Gasteiger partial charge in [-0.2, -0.15) is 5.26 Å². The largest absolute Gasteiger partial charge is 0.457 e. The number of nitrogens with zero attached hydrogens (tertiary/aromatic N) is 2. The molecule has 1 N–H and O–H groups in total. The molecule has 0 aliphatic rings. The van der Waals surface area contributed by atoms with Gasteiger partial charge in [-0.25, -0.2) is 9.37 Å². The van der Waals surface area contributed by atoms with Gasteiger partial charge in [-0.3, -0.25) is 4.79 Å². The topological polar surface area (TPSA) is 75.0 Å². The van der Waals surface area contributed by atoms with Gasteiger partial charge in [-0.15, -0.1) is 11.3 Å². The first-order valence-corrected chi connectivity index (χ1v) is 10.7. The molecule has 3 aromatic carbocycles. The normalized spacial score (nSPS) is 10.4. The second-order valence-electron chi connectivity index (χ2n) is 7.03. The SMILES string of the molecule is N#Cc1cccc(Oc2ccc(NC(=O)Cc3csc(Cc4ccc(F)cc4)n3)cc2)c1. The first-order chi connectivity index (χ1) is 15.6. The molecule has 0 unspecified atom stereocenters. The minimum Gasteiger partial charge on any atom is -0.457 e. The van der Waals surface area contributed by atoms with Crippen LogP contribution in [-0.4, -0.2) is 10.9 Å². The van der Waals surface area contributed by atoms with Crippen LogP contribution in [0.4, 0.5) is 10.1 Å². The van der Waals surface area contributed by atoms with E-state index < -0.39 is 0 Å². The minimum atomic E-state index is -0.266. The number of benzene rings is 3. The van der Waals surface area contributed by atoms with Gasteiger partial charge in [0.25, 0.3) is 0 Å². The zero-order chi connectivity index (χ0) is 22.3. The maximum Gasteiger partial charge on any atom is 0.230 e. The molecule has 4 aromatic rings. The van der Waals surface area contributed by atoms with Crippen molar-refractivity contribution in [1.82, 2.24) is 4.98 Å². The summed E-state index contributed by atoms with van der Waals surface area (Å²) in [5.74, 6) is 0.737. The van der Waals surface area contributed by atoms with E-state index in [9.17, 15) is 9.18 Å². The molecule has 0 bridgehead atoms. The van der Waals surface area contributed by atoms with Crippen LogP contribution in [0, 0.1) is 17.1 Å². The third-order valence-corrected chi connectivity index (χ3v) is 5.44. The molecule has 0 radical (unpaired) electrons. The Hall–Kier alpha value is -4.02. The van der Waals surface area contributed by atoms with E-state index in [4.69, 9.17) is 10.00 Å². The quantitative estimate of drug-likeness (QED) is 0.396. The molecule has 5 nitrogen and oxygen atoms in total. The van der Waals surface area contributed by atoms with Gasteiger partial charge in [0.15, 0.2) is 0 Å². The number of carbonyl (C=O) groups excluding carboxylic acids is 1. The van der Waals surface area contributed by atoms with E-state index >= 15 is 0 Å². The van der Waals surface area contributed by atoms with Gasteiger partial charge < -0.3 is 10.1 Å². The summed E-state index contributed by atoms with van der Waals surface area (Å²) in [4.78, 5) is 16.9. The lowest BCUT2D eigenvalue weighted by molar-refractivity contribution is -0.115. The number of nitriles is 1. The number of anilines is 1. The summed E-state index contributed by atoms with van der Waals surface area (Å²) < 4.78 is 18.8. The zero-order valence-corrected chi connectivity index (χ0v) is 17.7. The maximum absolute atomic E-state index is 13.0. The van der Waals surface area contributed by atoms with Crippen molar-refractivity contribution in [1.29, 1.82) is 5.26 Å². The van der Waals surface area contributed by atoms with Crippen molar-refractivity contribution >= 4 is 22.9 Å². The van der Waals surface area contributed by atoms with Crippen LogP contribution in [0.25, 0.3) is 0 Å². The molecule has 7 heteroatoms. The first kappa shape index (κ1) is 21.2. The van der Waals surface area contributed by atoms with Gasteiger partial charge in [-0.1, -0.05) is 18.2 Å². The molecule has 158 valence electrons. The lowest BCUT2D eigenvalue weighted by Gasteiger charge is -2.08. The highest BCUT2D eigenvalue weighted by atomic mass is 32.1. The summed E-state index contributed by atoms with van der Waals surface area (Å²) in [5.41, 5.74) is 2.84. The van der Waals surface area contributed by atoms with Gasteiger partial charge >= 0.3 is 0 Å². The summed E-state index contributed by atoms with van der Waals surface area (Å²) in [6.45, 7) is 0. The molecule has 0 atom stereocenters. The van der Waals surface area contributed by atoms with Crippen LogP contribution in [0.5, 0.6) is 11.5 Å². The Balaban J connectivity index is 1.31. The Kier molecular flexibility index (Phi) is 6.54. The highest BCUT2D eigenvalue weighted by Gasteiger charge is 2.09. The Bertz CT molecular complexity index is 1260. The summed E-state index contributed by atoms with van der Waals surface area (Å²) in [5, 5.41) is 14.6. The van der Waals surface area contributed by atoms with E-state index in [0.29, 0.717) is 34.9 Å². The number of ether oxygens (including phenoxy) is 1. The van der Waals surface area contributed by atoms with Gasteiger partial charge in [0, 0.05) is 17.5 Å². The molecule has 1 aromatic heterocycles. The Morgan fingerprint density at radius 3 is 2.59 bits per heavy atom. The Morgan fingerprint density at radius 1 is 1.06 bits per heavy atom. The number of carbonyl (C=O) groups is 1. The molecule has 32 heavy (non-hydrogen) atoms. The molecule has 0 saturated heterocycles. The number of halogens is 1. The van der Waals surface area contributed by atoms with Crippen LogP contribution in [0.1, 0.15) is 21.8 Å². The van der Waals surface area contributed by atoms with Gasteiger partial charge in [0.1, 0.15) is 17.3 Å². The van der Waals surface area contributed by atoms with E-state index in [1.807, 2.05) is 5.38 Å². The van der Waals surface area contributed by atoms with Crippen molar-refractivity contribution < 1.29 is 13.9 Å². The molecule has 1 heterocycles. The minimum absolute atomic E-state index is 0.166. The van der Waals surface area contributed by atoms with E-state index in [1.165, 1.54) is 23.5 Å². The van der Waals surface area contributed by atoms with Crippen molar-refractivity contribution in [3.8, 4) is 17.6 Å². The fourth-order valence-electron chi connectivity index (χ4n) is 3.03. The average molecular weight is 444 g/mol. The number of aromatic nitrogens is 1. The second kappa shape index (κ2) is 9.86. The predicted molar refractivity (Wildman–Crippen MR) is 121 cm³/mol. The highest BCUT2D eigenvalue weighted by molar-refractivity contribution is 7.09. The lowest BCUT2D eigenvalue weighted by atomic mass is 10.1. The first-order valence-electron chi connectivity index (χ1n) is 9.83. The fraction of sp³-hybridized carbons (Fsp3) is 0.0800. The molecular formula is C25H18FN3O2S. The van der Waals surface area contributed by atoms with E-state index in [0.717, 1.165) is 10.6 Å². The van der Waals surface area contributed by atoms with Crippen molar-refractivity contribution in [2.24, 2.45) is 0 Å². The predicted octanol–water partition coefficient (Wildman–Crippen LogP) is 5.72. The smallest absolute Gasteiger partial charge is 0.230 e. The summed E-state index contributed by atoms with van der Waals surface area (Å²) in [7, 11) is 0. The molecule has 1 amide bonds. The summed E-state index contributed by atoms with van der Waals surface area (Å²) in [6.07, 6.45) is 0.768. The molecule has 0 aliphatic heterocycles. The summed E-state index contributed by atoms with van der Waals surface area (Å²) >= 11 is 1.48. The van der Waals surface area contributed by atoms with Crippen LogP contribution in [-0.2, 0) is 17.6 Å². The highest BCUT2D eigenvalue weighted by Crippen LogP contribution is 2.24. The van der Waals surface area contributed by atoms with Crippen molar-refractivity contribution in [3.63, 3.8) is 0 Å². The molecule has 0 fully saturated rings. The fourth-order valence-corrected chi connectivity index (χ4v) is 3.86. The number of nitrogens with one attached hydrogen (secondary N) is 1. The van der Waals surface area contributed by atoms with Crippen molar-refractivity contribution in [2.45, 2.75) is 12.8 Å². The average Bonchev–Trinajstić information content (AvgIpc) is 3.23. The van der Waals surface area contributed by atoms with Crippen LogP contribution in [0.2, 0.25) is 0 Å². The van der Waals surface area contributed by atoms with Crippen LogP contribution in [0.15, 0.2) is 78.2 Å². The third kappa shape index (κ3) is 5.78. The molecule has 4 rings (SSSR count). The number of rotatable bonds is 7. The number of hydrogen-bond donors (Lipinski definition) is 1. The second-order valence-corrected chi connectivity index (χ2v) is 7.97. The van der Waals surface area contributed by atoms with Gasteiger partial charge in [-0.05, 0) is 60.2 Å². The van der Waals surface area contributed by atoms with Gasteiger partial charge in [0.05, 0.1) is 28.8 Å². The number of amides is 1. The van der Waals surface area contributed by atoms with Crippen molar-refractivity contribution in [3.05, 3.63) is 106 Å². The van der Waals surface area contributed by atoms with Gasteiger partial charge in [0.2, 0.25) is 5.91 Å². The zero-order valence-electron chi connectivity index (χ0n) is 16.9. The standard InChI is InChI=1S/C25H18FN3O2S/c26-19-6-4-17(5-7-19)13-25-29-21(16-32-25)14-24(30)28-20-8-10-22(11-9-20)31-23-3-1-2-18(12-23)15-27/h1-12,16H,13-14H2,(H,28,30). The summed E-state index contributed by atoms with van der Waals surface area (Å²) in [6, 6.07) is 22.3. The van der Waals surface area contributed by atoms with Crippen LogP contribution in [0.3, 0.4) is 0 Å².